The van der Waals surface area contributed by atoms with Gasteiger partial charge >= 0.3 is 6.03 Å². The SMILES string of the molecule is NC(=O)N[C@@H](CC(=O)NCCc1cccc(F)c1)c1cccs1. The summed E-state index contributed by atoms with van der Waals surface area (Å²) < 4.78 is 13.1. The van der Waals surface area contributed by atoms with E-state index < -0.39 is 12.1 Å². The first-order valence-electron chi connectivity index (χ1n) is 7.15. The fraction of sp³-hybridized carbons (Fsp3) is 0.250. The minimum Gasteiger partial charge on any atom is -0.356 e. The van der Waals surface area contributed by atoms with Crippen LogP contribution in [-0.4, -0.2) is 18.5 Å². The Kier molecular flexibility index (Phi) is 6.10. The van der Waals surface area contributed by atoms with Crippen molar-refractivity contribution >= 4 is 23.3 Å². The molecule has 0 aliphatic carbocycles. The van der Waals surface area contributed by atoms with Crippen molar-refractivity contribution < 1.29 is 14.0 Å². The molecule has 122 valence electrons. The van der Waals surface area contributed by atoms with Gasteiger partial charge < -0.3 is 16.4 Å². The highest BCUT2D eigenvalue weighted by Gasteiger charge is 2.18. The van der Waals surface area contributed by atoms with Crippen LogP contribution in [0, 0.1) is 5.82 Å². The summed E-state index contributed by atoms with van der Waals surface area (Å²) in [6.07, 6.45) is 0.642. The Morgan fingerprint density at radius 1 is 1.26 bits per heavy atom. The van der Waals surface area contributed by atoms with Crippen LogP contribution in [0.15, 0.2) is 41.8 Å². The third-order valence-corrected chi connectivity index (χ3v) is 4.20. The number of halogens is 1. The van der Waals surface area contributed by atoms with E-state index in [4.69, 9.17) is 5.73 Å². The molecule has 1 aromatic carbocycles. The number of benzene rings is 1. The molecule has 0 aliphatic rings. The molecule has 7 heteroatoms. The Bertz CT molecular complexity index is 661. The number of nitrogens with two attached hydrogens (primary N) is 1. The third kappa shape index (κ3) is 5.71. The van der Waals surface area contributed by atoms with E-state index in [0.29, 0.717) is 13.0 Å². The molecule has 1 atom stereocenters. The number of hydrogen-bond acceptors (Lipinski definition) is 3. The quantitative estimate of drug-likeness (QED) is 0.725. The van der Waals surface area contributed by atoms with Crippen molar-refractivity contribution in [1.29, 1.82) is 0 Å². The molecule has 2 rings (SSSR count). The molecule has 0 unspecified atom stereocenters. The first kappa shape index (κ1) is 17.0. The van der Waals surface area contributed by atoms with E-state index >= 15 is 0 Å². The van der Waals surface area contributed by atoms with Crippen LogP contribution >= 0.6 is 11.3 Å². The van der Waals surface area contributed by atoms with Crippen LogP contribution in [-0.2, 0) is 11.2 Å². The van der Waals surface area contributed by atoms with Gasteiger partial charge in [-0.3, -0.25) is 4.79 Å². The predicted octanol–water partition coefficient (Wildman–Crippen LogP) is 2.35. The molecule has 3 amide bonds. The molecular formula is C16H18FN3O2S. The van der Waals surface area contributed by atoms with Gasteiger partial charge in [-0.1, -0.05) is 18.2 Å². The molecule has 0 aliphatic heterocycles. The molecule has 1 heterocycles. The van der Waals surface area contributed by atoms with Crippen molar-refractivity contribution in [3.8, 4) is 0 Å². The van der Waals surface area contributed by atoms with E-state index in [2.05, 4.69) is 10.6 Å². The minimum absolute atomic E-state index is 0.104. The summed E-state index contributed by atoms with van der Waals surface area (Å²) in [5.41, 5.74) is 5.97. The molecule has 0 bridgehead atoms. The monoisotopic (exact) mass is 335 g/mol. The van der Waals surface area contributed by atoms with Crippen molar-refractivity contribution in [2.24, 2.45) is 5.73 Å². The highest BCUT2D eigenvalue weighted by atomic mass is 32.1. The number of hydrogen-bond donors (Lipinski definition) is 3. The maximum absolute atomic E-state index is 13.1. The molecule has 0 saturated heterocycles. The summed E-state index contributed by atoms with van der Waals surface area (Å²) in [5.74, 6) is -0.495. The Morgan fingerprint density at radius 3 is 2.74 bits per heavy atom. The zero-order valence-electron chi connectivity index (χ0n) is 12.4. The number of carbonyl (C=O) groups excluding carboxylic acids is 2. The van der Waals surface area contributed by atoms with Crippen molar-refractivity contribution in [2.75, 3.05) is 6.54 Å². The lowest BCUT2D eigenvalue weighted by molar-refractivity contribution is -0.121. The summed E-state index contributed by atoms with van der Waals surface area (Å²) in [7, 11) is 0. The van der Waals surface area contributed by atoms with Gasteiger partial charge in [0.05, 0.1) is 12.5 Å². The number of urea groups is 1. The number of rotatable bonds is 7. The van der Waals surface area contributed by atoms with Gasteiger partial charge in [-0.2, -0.15) is 0 Å². The molecule has 1 aromatic heterocycles. The highest BCUT2D eigenvalue weighted by molar-refractivity contribution is 7.10. The Morgan fingerprint density at radius 2 is 2.09 bits per heavy atom. The van der Waals surface area contributed by atoms with Gasteiger partial charge in [0.15, 0.2) is 0 Å². The second kappa shape index (κ2) is 8.28. The minimum atomic E-state index is -0.670. The second-order valence-corrected chi connectivity index (χ2v) is 5.99. The first-order valence-corrected chi connectivity index (χ1v) is 8.03. The van der Waals surface area contributed by atoms with Crippen molar-refractivity contribution in [1.82, 2.24) is 10.6 Å². The van der Waals surface area contributed by atoms with Gasteiger partial charge in [-0.25, -0.2) is 9.18 Å². The Balaban J connectivity index is 1.83. The maximum atomic E-state index is 13.1. The molecule has 4 N–H and O–H groups in total. The van der Waals surface area contributed by atoms with Gasteiger partial charge in [0.2, 0.25) is 5.91 Å². The highest BCUT2D eigenvalue weighted by Crippen LogP contribution is 2.21. The average molecular weight is 335 g/mol. The molecule has 5 nitrogen and oxygen atoms in total. The molecule has 2 aromatic rings. The smallest absolute Gasteiger partial charge is 0.312 e. The number of carbonyl (C=O) groups is 2. The van der Waals surface area contributed by atoms with E-state index in [-0.39, 0.29) is 18.1 Å². The largest absolute Gasteiger partial charge is 0.356 e. The molecule has 0 saturated carbocycles. The zero-order valence-corrected chi connectivity index (χ0v) is 13.2. The standard InChI is InChI=1S/C16H18FN3O2S/c17-12-4-1-3-11(9-12)6-7-19-15(21)10-13(20-16(18)22)14-5-2-8-23-14/h1-5,8-9,13H,6-7,10H2,(H,19,21)(H3,18,20,22)/t13-/m0/s1. The predicted molar refractivity (Wildman–Crippen MR) is 87.5 cm³/mol. The van der Waals surface area contributed by atoms with E-state index in [1.165, 1.54) is 23.5 Å². The fourth-order valence-electron chi connectivity index (χ4n) is 2.18. The van der Waals surface area contributed by atoms with Crippen LogP contribution in [0.1, 0.15) is 22.9 Å². The van der Waals surface area contributed by atoms with Crippen LogP contribution in [0.2, 0.25) is 0 Å². The summed E-state index contributed by atoms with van der Waals surface area (Å²) in [4.78, 5) is 23.9. The van der Waals surface area contributed by atoms with E-state index in [1.807, 2.05) is 17.5 Å². The normalized spacial score (nSPS) is 11.7. The van der Waals surface area contributed by atoms with E-state index in [1.54, 1.807) is 12.1 Å². The molecular weight excluding hydrogens is 317 g/mol. The fourth-order valence-corrected chi connectivity index (χ4v) is 2.96. The zero-order chi connectivity index (χ0) is 16.7. The summed E-state index contributed by atoms with van der Waals surface area (Å²) in [5, 5.41) is 7.20. The van der Waals surface area contributed by atoms with Crippen molar-refractivity contribution in [3.63, 3.8) is 0 Å². The lowest BCUT2D eigenvalue weighted by atomic mass is 10.1. The van der Waals surface area contributed by atoms with Gasteiger partial charge in [0.1, 0.15) is 5.82 Å². The first-order chi connectivity index (χ1) is 11.0. The van der Waals surface area contributed by atoms with Crippen LogP contribution < -0.4 is 16.4 Å². The average Bonchev–Trinajstić information content (AvgIpc) is 3.00. The lowest BCUT2D eigenvalue weighted by Crippen LogP contribution is -2.36. The number of nitrogens with one attached hydrogen (secondary N) is 2. The summed E-state index contributed by atoms with van der Waals surface area (Å²) in [6.45, 7) is 0.399. The van der Waals surface area contributed by atoms with Gasteiger partial charge in [-0.15, -0.1) is 11.3 Å². The lowest BCUT2D eigenvalue weighted by Gasteiger charge is -2.15. The van der Waals surface area contributed by atoms with Crippen LogP contribution in [0.5, 0.6) is 0 Å². The molecule has 0 radical (unpaired) electrons. The number of amides is 3. The molecule has 0 spiro atoms. The van der Waals surface area contributed by atoms with E-state index in [9.17, 15) is 14.0 Å². The van der Waals surface area contributed by atoms with Crippen LogP contribution in [0.3, 0.4) is 0 Å². The molecule has 0 fully saturated rings. The number of primary amides is 1. The van der Waals surface area contributed by atoms with E-state index in [0.717, 1.165) is 10.4 Å². The van der Waals surface area contributed by atoms with Crippen molar-refractivity contribution in [2.45, 2.75) is 18.9 Å². The molecule has 23 heavy (non-hydrogen) atoms. The van der Waals surface area contributed by atoms with Crippen molar-refractivity contribution in [3.05, 3.63) is 58.0 Å². The Labute approximate surface area is 137 Å². The Hall–Kier alpha value is -2.41. The van der Waals surface area contributed by atoms with Crippen LogP contribution in [0.25, 0.3) is 0 Å². The van der Waals surface area contributed by atoms with Gasteiger partial charge in [0, 0.05) is 11.4 Å². The summed E-state index contributed by atoms with van der Waals surface area (Å²) in [6, 6.07) is 8.83. The third-order valence-electron chi connectivity index (χ3n) is 3.22. The van der Waals surface area contributed by atoms with Crippen LogP contribution in [0.4, 0.5) is 9.18 Å². The second-order valence-electron chi connectivity index (χ2n) is 5.01. The van der Waals surface area contributed by atoms with Gasteiger partial charge in [0.25, 0.3) is 0 Å². The number of thiophene rings is 1. The maximum Gasteiger partial charge on any atom is 0.312 e. The summed E-state index contributed by atoms with van der Waals surface area (Å²) >= 11 is 1.45. The topological polar surface area (TPSA) is 84.2 Å². The van der Waals surface area contributed by atoms with Gasteiger partial charge in [-0.05, 0) is 35.6 Å².